The molecule has 0 unspecified atom stereocenters. The Balaban J connectivity index is 1.87. The van der Waals surface area contributed by atoms with Crippen molar-refractivity contribution in [1.29, 1.82) is 0 Å². The summed E-state index contributed by atoms with van der Waals surface area (Å²) in [7, 11) is 0. The van der Waals surface area contributed by atoms with Crippen molar-refractivity contribution in [3.8, 4) is 0 Å². The number of para-hydroxylation sites is 2. The molecular weight excluding hydrogens is 320 g/mol. The summed E-state index contributed by atoms with van der Waals surface area (Å²) in [6.07, 6.45) is 0. The van der Waals surface area contributed by atoms with Gasteiger partial charge in [-0.15, -0.1) is 0 Å². The highest BCUT2D eigenvalue weighted by atomic mass is 35.5. The lowest BCUT2D eigenvalue weighted by molar-refractivity contribution is -0.111. The lowest BCUT2D eigenvalue weighted by Gasteiger charge is -2.16. The number of carbonyl (C=O) groups excluding carboxylic acids is 1. The molecule has 0 aliphatic carbocycles. The molecule has 24 heavy (non-hydrogen) atoms. The minimum Gasteiger partial charge on any atom is -0.275 e. The van der Waals surface area contributed by atoms with Crippen LogP contribution >= 0.6 is 11.6 Å². The average Bonchev–Trinajstić information content (AvgIpc) is 2.88. The third kappa shape index (κ3) is 2.49. The molecule has 0 saturated carbocycles. The van der Waals surface area contributed by atoms with Crippen molar-refractivity contribution >= 4 is 40.3 Å². The number of rotatable bonds is 2. The molecule has 116 valence electrons. The summed E-state index contributed by atoms with van der Waals surface area (Å²) < 4.78 is 0. The van der Waals surface area contributed by atoms with Gasteiger partial charge in [0.15, 0.2) is 0 Å². The molecule has 0 atom stereocenters. The van der Waals surface area contributed by atoms with Crippen molar-refractivity contribution in [3.63, 3.8) is 0 Å². The molecule has 1 amide bonds. The zero-order valence-corrected chi connectivity index (χ0v) is 13.4. The molecule has 0 bridgehead atoms. The van der Waals surface area contributed by atoms with E-state index in [0.29, 0.717) is 16.4 Å². The monoisotopic (exact) mass is 332 g/mol. The molecule has 1 aliphatic rings. The van der Waals surface area contributed by atoms with Gasteiger partial charge in [-0.3, -0.25) is 9.69 Å². The fraction of sp³-hybridized carbons (Fsp3) is 0. The maximum atomic E-state index is 13.0. The molecule has 3 aromatic rings. The van der Waals surface area contributed by atoms with E-state index < -0.39 is 0 Å². The number of hydrogen-bond acceptors (Lipinski definition) is 2. The summed E-state index contributed by atoms with van der Waals surface area (Å²) in [6, 6.07) is 24.4. The van der Waals surface area contributed by atoms with E-state index in [1.54, 1.807) is 17.0 Å². The molecule has 3 aromatic carbocycles. The lowest BCUT2D eigenvalue weighted by Crippen LogP contribution is -2.25. The zero-order valence-electron chi connectivity index (χ0n) is 12.7. The van der Waals surface area contributed by atoms with E-state index in [2.05, 4.69) is 4.99 Å². The number of halogens is 1. The van der Waals surface area contributed by atoms with Gasteiger partial charge in [0.2, 0.25) is 0 Å². The van der Waals surface area contributed by atoms with Gasteiger partial charge in [0.05, 0.1) is 11.4 Å². The Kier molecular flexibility index (Phi) is 3.63. The minimum atomic E-state index is -0.137. The molecule has 0 radical (unpaired) electrons. The Labute approximate surface area is 144 Å². The topological polar surface area (TPSA) is 32.7 Å². The van der Waals surface area contributed by atoms with Gasteiger partial charge in [0.25, 0.3) is 5.91 Å². The highest BCUT2D eigenvalue weighted by molar-refractivity contribution is 6.56. The number of carbonyl (C=O) groups is 1. The summed E-state index contributed by atoms with van der Waals surface area (Å²) in [5.74, 6) is -0.137. The SMILES string of the molecule is O=C1/C(=N\c2cccc(Cl)c2)c2ccccc2N1c1ccccc1. The Morgan fingerprint density at radius 3 is 2.38 bits per heavy atom. The highest BCUT2D eigenvalue weighted by Gasteiger charge is 2.34. The van der Waals surface area contributed by atoms with E-state index in [9.17, 15) is 4.79 Å². The van der Waals surface area contributed by atoms with Crippen molar-refractivity contribution in [2.75, 3.05) is 4.90 Å². The van der Waals surface area contributed by atoms with Crippen LogP contribution in [-0.4, -0.2) is 11.6 Å². The zero-order chi connectivity index (χ0) is 16.5. The molecule has 1 aliphatic heterocycles. The maximum Gasteiger partial charge on any atom is 0.282 e. The molecule has 4 heteroatoms. The van der Waals surface area contributed by atoms with Gasteiger partial charge in [0, 0.05) is 16.3 Å². The summed E-state index contributed by atoms with van der Waals surface area (Å²) in [5.41, 5.74) is 3.58. The largest absolute Gasteiger partial charge is 0.282 e. The molecule has 0 fully saturated rings. The van der Waals surface area contributed by atoms with E-state index in [0.717, 1.165) is 16.9 Å². The van der Waals surface area contributed by atoms with Crippen LogP contribution in [0.2, 0.25) is 5.02 Å². The number of aliphatic imine (C=N–C) groups is 1. The van der Waals surface area contributed by atoms with Crippen molar-refractivity contribution in [2.45, 2.75) is 0 Å². The lowest BCUT2D eigenvalue weighted by atomic mass is 10.1. The van der Waals surface area contributed by atoms with E-state index in [1.807, 2.05) is 66.7 Å². The van der Waals surface area contributed by atoms with Gasteiger partial charge < -0.3 is 0 Å². The molecule has 1 heterocycles. The number of amides is 1. The maximum absolute atomic E-state index is 13.0. The van der Waals surface area contributed by atoms with E-state index in [4.69, 9.17) is 11.6 Å². The van der Waals surface area contributed by atoms with Crippen LogP contribution in [0.4, 0.5) is 17.1 Å². The number of anilines is 2. The third-order valence-corrected chi connectivity index (χ3v) is 4.10. The first-order valence-corrected chi connectivity index (χ1v) is 7.95. The number of hydrogen-bond donors (Lipinski definition) is 0. The standard InChI is InChI=1S/C20H13ClN2O/c21-14-7-6-8-15(13-14)22-19-17-11-4-5-12-18(17)23(20(19)24)16-9-2-1-3-10-16/h1-13H/b22-19-. The Morgan fingerprint density at radius 2 is 1.58 bits per heavy atom. The smallest absolute Gasteiger partial charge is 0.275 e. The molecule has 3 nitrogen and oxygen atoms in total. The fourth-order valence-corrected chi connectivity index (χ4v) is 3.00. The van der Waals surface area contributed by atoms with Crippen LogP contribution in [0.15, 0.2) is 83.9 Å². The van der Waals surface area contributed by atoms with Gasteiger partial charge in [-0.25, -0.2) is 4.99 Å². The second-order valence-corrected chi connectivity index (χ2v) is 5.87. The molecule has 0 N–H and O–H groups in total. The van der Waals surface area contributed by atoms with Crippen molar-refractivity contribution in [3.05, 3.63) is 89.4 Å². The molecule has 0 saturated heterocycles. The predicted molar refractivity (Wildman–Crippen MR) is 97.7 cm³/mol. The van der Waals surface area contributed by atoms with Crippen LogP contribution in [0.1, 0.15) is 5.56 Å². The number of fused-ring (bicyclic) bond motifs is 1. The van der Waals surface area contributed by atoms with Crippen LogP contribution in [0, 0.1) is 0 Å². The normalized spacial score (nSPS) is 15.0. The van der Waals surface area contributed by atoms with Crippen LogP contribution in [0.5, 0.6) is 0 Å². The van der Waals surface area contributed by atoms with Crippen LogP contribution in [-0.2, 0) is 4.79 Å². The Hall–Kier alpha value is -2.91. The molecule has 4 rings (SSSR count). The first-order chi connectivity index (χ1) is 11.7. The quantitative estimate of drug-likeness (QED) is 0.639. The van der Waals surface area contributed by atoms with Gasteiger partial charge in [0.1, 0.15) is 5.71 Å². The number of nitrogens with zero attached hydrogens (tertiary/aromatic N) is 2. The molecule has 0 aromatic heterocycles. The summed E-state index contributed by atoms with van der Waals surface area (Å²) in [6.45, 7) is 0. The molecule has 0 spiro atoms. The van der Waals surface area contributed by atoms with Gasteiger partial charge in [-0.1, -0.05) is 54.1 Å². The van der Waals surface area contributed by atoms with Gasteiger partial charge in [-0.05, 0) is 36.4 Å². The van der Waals surface area contributed by atoms with E-state index in [-0.39, 0.29) is 5.91 Å². The summed E-state index contributed by atoms with van der Waals surface area (Å²) in [4.78, 5) is 19.3. The second-order valence-electron chi connectivity index (χ2n) is 5.43. The van der Waals surface area contributed by atoms with Gasteiger partial charge >= 0.3 is 0 Å². The van der Waals surface area contributed by atoms with Crippen LogP contribution in [0.25, 0.3) is 0 Å². The predicted octanol–water partition coefficient (Wildman–Crippen LogP) is 5.14. The minimum absolute atomic E-state index is 0.137. The second kappa shape index (κ2) is 5.95. The highest BCUT2D eigenvalue weighted by Crippen LogP contribution is 2.36. The van der Waals surface area contributed by atoms with Gasteiger partial charge in [-0.2, -0.15) is 0 Å². The Morgan fingerprint density at radius 1 is 0.833 bits per heavy atom. The van der Waals surface area contributed by atoms with Crippen LogP contribution < -0.4 is 4.90 Å². The van der Waals surface area contributed by atoms with E-state index >= 15 is 0 Å². The Bertz CT molecular complexity index is 951. The first-order valence-electron chi connectivity index (χ1n) is 7.57. The van der Waals surface area contributed by atoms with Crippen molar-refractivity contribution in [2.24, 2.45) is 4.99 Å². The summed E-state index contributed by atoms with van der Waals surface area (Å²) in [5, 5.41) is 0.593. The fourth-order valence-electron chi connectivity index (χ4n) is 2.82. The van der Waals surface area contributed by atoms with Crippen LogP contribution in [0.3, 0.4) is 0 Å². The third-order valence-electron chi connectivity index (χ3n) is 3.87. The first kappa shape index (κ1) is 14.7. The molecular formula is C20H13ClN2O. The summed E-state index contributed by atoms with van der Waals surface area (Å²) >= 11 is 6.03. The van der Waals surface area contributed by atoms with Crippen molar-refractivity contribution in [1.82, 2.24) is 0 Å². The average molecular weight is 333 g/mol. The van der Waals surface area contributed by atoms with E-state index in [1.165, 1.54) is 0 Å². The number of benzene rings is 3. The van der Waals surface area contributed by atoms with Crippen molar-refractivity contribution < 1.29 is 4.79 Å².